The van der Waals surface area contributed by atoms with Crippen molar-refractivity contribution in [1.82, 2.24) is 10.2 Å². The molecule has 86 valence electrons. The Kier molecular flexibility index (Phi) is 10.9. The van der Waals surface area contributed by atoms with Crippen LogP contribution in [0, 0.1) is 0 Å². The second-order valence-corrected chi connectivity index (χ2v) is 4.01. The van der Waals surface area contributed by atoms with Crippen LogP contribution in [0.25, 0.3) is 0 Å². The maximum absolute atomic E-state index is 3.21. The van der Waals surface area contributed by atoms with Gasteiger partial charge in [-0.15, -0.1) is 0 Å². The quantitative estimate of drug-likeness (QED) is 0.545. The Morgan fingerprint density at radius 3 is 1.79 bits per heavy atom. The van der Waals surface area contributed by atoms with Gasteiger partial charge in [0.1, 0.15) is 0 Å². The van der Waals surface area contributed by atoms with E-state index in [0.717, 1.165) is 6.54 Å². The van der Waals surface area contributed by atoms with Crippen molar-refractivity contribution in [3.63, 3.8) is 0 Å². The SMILES string of the molecule is CCCCN(CCCC)CCCNC. The lowest BCUT2D eigenvalue weighted by Gasteiger charge is -2.21. The highest BCUT2D eigenvalue weighted by atomic mass is 15.1. The van der Waals surface area contributed by atoms with E-state index in [-0.39, 0.29) is 0 Å². The van der Waals surface area contributed by atoms with Crippen LogP contribution in [-0.4, -0.2) is 38.1 Å². The predicted octanol–water partition coefficient (Wildman–Crippen LogP) is 2.50. The van der Waals surface area contributed by atoms with Gasteiger partial charge in [0.15, 0.2) is 0 Å². The first kappa shape index (κ1) is 13.9. The average Bonchev–Trinajstić information content (AvgIpc) is 2.21. The van der Waals surface area contributed by atoms with Crippen molar-refractivity contribution in [2.45, 2.75) is 46.0 Å². The highest BCUT2D eigenvalue weighted by Gasteiger charge is 2.02. The van der Waals surface area contributed by atoms with Crippen LogP contribution in [0.3, 0.4) is 0 Å². The van der Waals surface area contributed by atoms with Crippen molar-refractivity contribution in [2.24, 2.45) is 0 Å². The molecule has 0 aliphatic heterocycles. The zero-order valence-corrected chi connectivity index (χ0v) is 10.3. The molecule has 0 heterocycles. The Morgan fingerprint density at radius 2 is 1.36 bits per heavy atom. The van der Waals surface area contributed by atoms with E-state index < -0.39 is 0 Å². The van der Waals surface area contributed by atoms with Crippen molar-refractivity contribution in [3.8, 4) is 0 Å². The molecule has 0 unspecified atom stereocenters. The molecule has 0 aromatic rings. The standard InChI is InChI=1S/C12H28N2/c1-4-6-10-14(11-7-5-2)12-8-9-13-3/h13H,4-12H2,1-3H3. The molecule has 2 heteroatoms. The molecule has 0 bridgehead atoms. The van der Waals surface area contributed by atoms with Crippen molar-refractivity contribution in [1.29, 1.82) is 0 Å². The molecule has 0 fully saturated rings. The fourth-order valence-corrected chi connectivity index (χ4v) is 1.58. The highest BCUT2D eigenvalue weighted by molar-refractivity contribution is 4.58. The molecule has 0 saturated carbocycles. The first-order valence-electron chi connectivity index (χ1n) is 6.22. The lowest BCUT2D eigenvalue weighted by Crippen LogP contribution is -2.29. The van der Waals surface area contributed by atoms with E-state index >= 15 is 0 Å². The van der Waals surface area contributed by atoms with E-state index in [1.807, 2.05) is 7.05 Å². The van der Waals surface area contributed by atoms with Gasteiger partial charge in [0.25, 0.3) is 0 Å². The van der Waals surface area contributed by atoms with Gasteiger partial charge in [-0.1, -0.05) is 26.7 Å². The summed E-state index contributed by atoms with van der Waals surface area (Å²) in [6, 6.07) is 0. The normalized spacial score (nSPS) is 11.1. The summed E-state index contributed by atoms with van der Waals surface area (Å²) in [6.07, 6.45) is 6.61. The molecule has 0 radical (unpaired) electrons. The largest absolute Gasteiger partial charge is 0.320 e. The van der Waals surface area contributed by atoms with E-state index in [1.54, 1.807) is 0 Å². The molecule has 0 aromatic heterocycles. The summed E-state index contributed by atoms with van der Waals surface area (Å²) < 4.78 is 0. The van der Waals surface area contributed by atoms with Crippen LogP contribution in [0.4, 0.5) is 0 Å². The minimum absolute atomic E-state index is 1.15. The van der Waals surface area contributed by atoms with E-state index in [2.05, 4.69) is 24.1 Å². The zero-order valence-electron chi connectivity index (χ0n) is 10.3. The number of nitrogens with one attached hydrogen (secondary N) is 1. The van der Waals surface area contributed by atoms with Gasteiger partial charge in [-0.25, -0.2) is 0 Å². The molecule has 2 nitrogen and oxygen atoms in total. The van der Waals surface area contributed by atoms with Crippen LogP contribution in [0.1, 0.15) is 46.0 Å². The summed E-state index contributed by atoms with van der Waals surface area (Å²) in [5, 5.41) is 3.21. The van der Waals surface area contributed by atoms with Gasteiger partial charge < -0.3 is 10.2 Å². The Balaban J connectivity index is 3.49. The summed E-state index contributed by atoms with van der Waals surface area (Å²) in [4.78, 5) is 2.62. The van der Waals surface area contributed by atoms with Crippen LogP contribution < -0.4 is 5.32 Å². The average molecular weight is 200 g/mol. The van der Waals surface area contributed by atoms with Gasteiger partial charge in [0.2, 0.25) is 0 Å². The van der Waals surface area contributed by atoms with Crippen LogP contribution >= 0.6 is 0 Å². The topological polar surface area (TPSA) is 15.3 Å². The third kappa shape index (κ3) is 8.52. The minimum atomic E-state index is 1.15. The van der Waals surface area contributed by atoms with E-state index in [4.69, 9.17) is 0 Å². The molecule has 0 aliphatic carbocycles. The Hall–Kier alpha value is -0.0800. The third-order valence-electron chi connectivity index (χ3n) is 2.56. The molecule has 1 N–H and O–H groups in total. The fourth-order valence-electron chi connectivity index (χ4n) is 1.58. The lowest BCUT2D eigenvalue weighted by atomic mass is 10.2. The smallest absolute Gasteiger partial charge is 0.000664 e. The second-order valence-electron chi connectivity index (χ2n) is 4.01. The predicted molar refractivity (Wildman–Crippen MR) is 64.8 cm³/mol. The van der Waals surface area contributed by atoms with Crippen LogP contribution in [0.2, 0.25) is 0 Å². The molecule has 0 aromatic carbocycles. The maximum atomic E-state index is 3.21. The highest BCUT2D eigenvalue weighted by Crippen LogP contribution is 1.99. The second kappa shape index (κ2) is 11.0. The van der Waals surface area contributed by atoms with Crippen molar-refractivity contribution >= 4 is 0 Å². The van der Waals surface area contributed by atoms with Gasteiger partial charge in [-0.05, 0) is 52.5 Å². The summed E-state index contributed by atoms with van der Waals surface area (Å²) in [7, 11) is 2.03. The molecule has 0 spiro atoms. The summed E-state index contributed by atoms with van der Waals surface area (Å²) >= 11 is 0. The number of rotatable bonds is 10. The number of unbranched alkanes of at least 4 members (excludes halogenated alkanes) is 2. The zero-order chi connectivity index (χ0) is 10.6. The van der Waals surface area contributed by atoms with Gasteiger partial charge in [-0.3, -0.25) is 0 Å². The van der Waals surface area contributed by atoms with Crippen LogP contribution in [0.15, 0.2) is 0 Å². The van der Waals surface area contributed by atoms with Gasteiger partial charge >= 0.3 is 0 Å². The minimum Gasteiger partial charge on any atom is -0.320 e. The molecule has 0 amide bonds. The number of hydrogen-bond donors (Lipinski definition) is 1. The summed E-state index contributed by atoms with van der Waals surface area (Å²) in [6.45, 7) is 9.53. The lowest BCUT2D eigenvalue weighted by molar-refractivity contribution is 0.262. The first-order chi connectivity index (χ1) is 6.85. The molecule has 14 heavy (non-hydrogen) atoms. The number of nitrogens with zero attached hydrogens (tertiary/aromatic N) is 1. The molecular weight excluding hydrogens is 172 g/mol. The number of hydrogen-bond acceptors (Lipinski definition) is 2. The summed E-state index contributed by atoms with van der Waals surface area (Å²) in [5.41, 5.74) is 0. The first-order valence-corrected chi connectivity index (χ1v) is 6.22. The summed E-state index contributed by atoms with van der Waals surface area (Å²) in [5.74, 6) is 0. The van der Waals surface area contributed by atoms with Crippen molar-refractivity contribution in [2.75, 3.05) is 33.2 Å². The molecule has 0 aliphatic rings. The van der Waals surface area contributed by atoms with E-state index in [9.17, 15) is 0 Å². The third-order valence-corrected chi connectivity index (χ3v) is 2.56. The van der Waals surface area contributed by atoms with Crippen LogP contribution in [-0.2, 0) is 0 Å². The van der Waals surface area contributed by atoms with Gasteiger partial charge in [0, 0.05) is 0 Å². The molecule has 0 rings (SSSR count). The molecule has 0 saturated heterocycles. The van der Waals surface area contributed by atoms with Gasteiger partial charge in [-0.2, -0.15) is 0 Å². The van der Waals surface area contributed by atoms with Crippen molar-refractivity contribution in [3.05, 3.63) is 0 Å². The monoisotopic (exact) mass is 200 g/mol. The fraction of sp³-hybridized carbons (Fsp3) is 1.00. The maximum Gasteiger partial charge on any atom is -0.000664 e. The van der Waals surface area contributed by atoms with Gasteiger partial charge in [0.05, 0.1) is 0 Å². The Labute approximate surface area is 90.1 Å². The van der Waals surface area contributed by atoms with Crippen molar-refractivity contribution < 1.29 is 0 Å². The van der Waals surface area contributed by atoms with E-state index in [0.29, 0.717) is 0 Å². The molecule has 0 atom stereocenters. The Bertz CT molecular complexity index is 96.5. The van der Waals surface area contributed by atoms with Crippen LogP contribution in [0.5, 0.6) is 0 Å². The van der Waals surface area contributed by atoms with E-state index in [1.165, 1.54) is 51.7 Å². The molecular formula is C12H28N2. The Morgan fingerprint density at radius 1 is 0.857 bits per heavy atom.